The number of hydrogen-bond donors (Lipinski definition) is 3. The molecule has 0 aliphatic carbocycles. The van der Waals surface area contributed by atoms with Crippen LogP contribution in [0.5, 0.6) is 5.75 Å². The standard InChI is InChI=1S/C13H15N3O4/c1-13(2)12(20)15-9(17)6-16(13)11(19)7-4-3-5-8(14)10(7)18/h3-5,18H,6,14H2,1-2H3,(H,15,17,20). The van der Waals surface area contributed by atoms with Crippen LogP contribution in [-0.4, -0.2) is 39.8 Å². The van der Waals surface area contributed by atoms with Crippen LogP contribution in [0, 0.1) is 0 Å². The van der Waals surface area contributed by atoms with Crippen molar-refractivity contribution in [1.29, 1.82) is 0 Å². The molecular weight excluding hydrogens is 262 g/mol. The van der Waals surface area contributed by atoms with Gasteiger partial charge in [0, 0.05) is 0 Å². The summed E-state index contributed by atoms with van der Waals surface area (Å²) in [5.74, 6) is -2.11. The maximum absolute atomic E-state index is 12.5. The van der Waals surface area contributed by atoms with Crippen molar-refractivity contribution in [2.75, 3.05) is 12.3 Å². The number of imide groups is 1. The SMILES string of the molecule is CC1(C)C(=O)NC(=O)CN1C(=O)c1cccc(N)c1O. The van der Waals surface area contributed by atoms with Crippen molar-refractivity contribution in [1.82, 2.24) is 10.2 Å². The largest absolute Gasteiger partial charge is 0.505 e. The Morgan fingerprint density at radius 1 is 1.40 bits per heavy atom. The molecule has 7 nitrogen and oxygen atoms in total. The molecule has 1 aliphatic heterocycles. The van der Waals surface area contributed by atoms with Gasteiger partial charge in [0.1, 0.15) is 12.1 Å². The highest BCUT2D eigenvalue weighted by Crippen LogP contribution is 2.28. The minimum atomic E-state index is -1.19. The van der Waals surface area contributed by atoms with Crippen molar-refractivity contribution in [2.24, 2.45) is 0 Å². The van der Waals surface area contributed by atoms with Gasteiger partial charge in [-0.25, -0.2) is 0 Å². The van der Waals surface area contributed by atoms with Gasteiger partial charge in [0.15, 0.2) is 5.75 Å². The van der Waals surface area contributed by atoms with E-state index in [1.165, 1.54) is 32.0 Å². The van der Waals surface area contributed by atoms with Crippen LogP contribution in [0.2, 0.25) is 0 Å². The fourth-order valence-corrected chi connectivity index (χ4v) is 1.99. The Kier molecular flexibility index (Phi) is 3.13. The van der Waals surface area contributed by atoms with E-state index in [0.717, 1.165) is 4.90 Å². The van der Waals surface area contributed by atoms with E-state index in [9.17, 15) is 19.5 Å². The van der Waals surface area contributed by atoms with Gasteiger partial charge in [0.05, 0.1) is 11.3 Å². The molecule has 1 aliphatic rings. The third-order valence-electron chi connectivity index (χ3n) is 3.33. The number of anilines is 1. The first-order chi connectivity index (χ1) is 9.25. The molecule has 0 spiro atoms. The summed E-state index contributed by atoms with van der Waals surface area (Å²) < 4.78 is 0. The van der Waals surface area contributed by atoms with E-state index in [-0.39, 0.29) is 23.5 Å². The second-order valence-corrected chi connectivity index (χ2v) is 5.07. The van der Waals surface area contributed by atoms with E-state index in [0.29, 0.717) is 0 Å². The van der Waals surface area contributed by atoms with Gasteiger partial charge >= 0.3 is 0 Å². The number of piperazine rings is 1. The average Bonchev–Trinajstić information content (AvgIpc) is 2.37. The zero-order chi connectivity index (χ0) is 15.1. The molecule has 2 rings (SSSR count). The molecule has 106 valence electrons. The lowest BCUT2D eigenvalue weighted by atomic mass is 9.97. The monoisotopic (exact) mass is 277 g/mol. The van der Waals surface area contributed by atoms with Crippen LogP contribution < -0.4 is 11.1 Å². The molecule has 1 heterocycles. The summed E-state index contributed by atoms with van der Waals surface area (Å²) in [4.78, 5) is 36.8. The fourth-order valence-electron chi connectivity index (χ4n) is 1.99. The van der Waals surface area contributed by atoms with Gasteiger partial charge in [0.2, 0.25) is 5.91 Å². The highest BCUT2D eigenvalue weighted by atomic mass is 16.3. The van der Waals surface area contributed by atoms with Gasteiger partial charge in [0.25, 0.3) is 11.8 Å². The smallest absolute Gasteiger partial charge is 0.259 e. The van der Waals surface area contributed by atoms with E-state index in [4.69, 9.17) is 5.73 Å². The van der Waals surface area contributed by atoms with E-state index in [1.807, 2.05) is 0 Å². The van der Waals surface area contributed by atoms with Gasteiger partial charge in [-0.2, -0.15) is 0 Å². The molecule has 0 bridgehead atoms. The van der Waals surface area contributed by atoms with Crippen LogP contribution in [-0.2, 0) is 9.59 Å². The molecule has 4 N–H and O–H groups in total. The first-order valence-electron chi connectivity index (χ1n) is 5.99. The summed E-state index contributed by atoms with van der Waals surface area (Å²) >= 11 is 0. The van der Waals surface area contributed by atoms with Crippen molar-refractivity contribution in [3.8, 4) is 5.75 Å². The molecule has 1 fully saturated rings. The lowest BCUT2D eigenvalue weighted by Crippen LogP contribution is -2.65. The van der Waals surface area contributed by atoms with Crippen LogP contribution in [0.15, 0.2) is 18.2 Å². The molecular formula is C13H15N3O4. The molecule has 0 unspecified atom stereocenters. The number of aromatic hydroxyl groups is 1. The van der Waals surface area contributed by atoms with Crippen molar-refractivity contribution < 1.29 is 19.5 Å². The van der Waals surface area contributed by atoms with E-state index < -0.39 is 23.3 Å². The Bertz CT molecular complexity index is 610. The zero-order valence-corrected chi connectivity index (χ0v) is 11.1. The molecule has 1 saturated heterocycles. The molecule has 3 amide bonds. The third kappa shape index (κ3) is 2.07. The van der Waals surface area contributed by atoms with Crippen LogP contribution in [0.25, 0.3) is 0 Å². The van der Waals surface area contributed by atoms with Gasteiger partial charge in [-0.15, -0.1) is 0 Å². The predicted octanol–water partition coefficient (Wildman–Crippen LogP) is -0.148. The predicted molar refractivity (Wildman–Crippen MR) is 70.8 cm³/mol. The molecule has 0 saturated carbocycles. The lowest BCUT2D eigenvalue weighted by Gasteiger charge is -2.40. The number of carbonyl (C=O) groups excluding carboxylic acids is 3. The minimum Gasteiger partial charge on any atom is -0.505 e. The molecule has 0 radical (unpaired) electrons. The number of nitrogen functional groups attached to an aromatic ring is 1. The lowest BCUT2D eigenvalue weighted by molar-refractivity contribution is -0.143. The highest BCUT2D eigenvalue weighted by molar-refractivity contribution is 6.09. The van der Waals surface area contributed by atoms with Crippen LogP contribution in [0.4, 0.5) is 5.69 Å². The summed E-state index contributed by atoms with van der Waals surface area (Å²) in [6.07, 6.45) is 0. The Morgan fingerprint density at radius 3 is 2.70 bits per heavy atom. The molecule has 0 aromatic heterocycles. The van der Waals surface area contributed by atoms with Crippen LogP contribution >= 0.6 is 0 Å². The summed E-state index contributed by atoms with van der Waals surface area (Å²) in [7, 11) is 0. The number of benzene rings is 1. The number of phenolic OH excluding ortho intramolecular Hbond substituents is 1. The topological polar surface area (TPSA) is 113 Å². The second-order valence-electron chi connectivity index (χ2n) is 5.07. The number of nitrogens with two attached hydrogens (primary N) is 1. The van der Waals surface area contributed by atoms with E-state index in [2.05, 4.69) is 5.32 Å². The number of carbonyl (C=O) groups is 3. The Hall–Kier alpha value is -2.57. The van der Waals surface area contributed by atoms with Crippen molar-refractivity contribution in [2.45, 2.75) is 19.4 Å². The quantitative estimate of drug-likeness (QED) is 0.375. The van der Waals surface area contributed by atoms with Crippen molar-refractivity contribution in [3.05, 3.63) is 23.8 Å². The average molecular weight is 277 g/mol. The second kappa shape index (κ2) is 4.52. The fraction of sp³-hybridized carbons (Fsp3) is 0.308. The number of hydrogen-bond acceptors (Lipinski definition) is 5. The van der Waals surface area contributed by atoms with E-state index in [1.54, 1.807) is 0 Å². The van der Waals surface area contributed by atoms with Gasteiger partial charge < -0.3 is 15.7 Å². The zero-order valence-electron chi connectivity index (χ0n) is 11.1. The summed E-state index contributed by atoms with van der Waals surface area (Å²) in [6.45, 7) is 2.79. The molecule has 0 atom stereocenters. The van der Waals surface area contributed by atoms with Crippen molar-refractivity contribution in [3.63, 3.8) is 0 Å². The number of para-hydroxylation sites is 1. The van der Waals surface area contributed by atoms with Crippen molar-refractivity contribution >= 4 is 23.4 Å². The van der Waals surface area contributed by atoms with Gasteiger partial charge in [-0.05, 0) is 26.0 Å². The van der Waals surface area contributed by atoms with Gasteiger partial charge in [-0.1, -0.05) is 6.07 Å². The molecule has 1 aromatic carbocycles. The number of nitrogens with zero attached hydrogens (tertiary/aromatic N) is 1. The summed E-state index contributed by atoms with van der Waals surface area (Å²) in [6, 6.07) is 4.35. The van der Waals surface area contributed by atoms with Crippen LogP contribution in [0.1, 0.15) is 24.2 Å². The normalized spacial score (nSPS) is 17.8. The van der Waals surface area contributed by atoms with E-state index >= 15 is 0 Å². The number of amides is 3. The Morgan fingerprint density at radius 2 is 2.05 bits per heavy atom. The third-order valence-corrected chi connectivity index (χ3v) is 3.33. The molecule has 20 heavy (non-hydrogen) atoms. The first-order valence-corrected chi connectivity index (χ1v) is 5.99. The Labute approximate surface area is 115 Å². The van der Waals surface area contributed by atoms with Crippen LogP contribution in [0.3, 0.4) is 0 Å². The number of nitrogens with one attached hydrogen (secondary N) is 1. The summed E-state index contributed by atoms with van der Waals surface area (Å²) in [5, 5.41) is 12.0. The summed E-state index contributed by atoms with van der Waals surface area (Å²) in [5.41, 5.74) is 4.37. The molecule has 7 heteroatoms. The number of phenols is 1. The maximum Gasteiger partial charge on any atom is 0.259 e. The Balaban J connectivity index is 2.43. The maximum atomic E-state index is 12.5. The van der Waals surface area contributed by atoms with Gasteiger partial charge in [-0.3, -0.25) is 19.7 Å². The highest BCUT2D eigenvalue weighted by Gasteiger charge is 2.44. The molecule has 1 aromatic rings. The number of rotatable bonds is 1. The minimum absolute atomic E-state index is 0.0411. The first kappa shape index (κ1) is 13.9.